The highest BCUT2D eigenvalue weighted by molar-refractivity contribution is 7.99. The van der Waals surface area contributed by atoms with Crippen LogP contribution in [0.25, 0.3) is 0 Å². The van der Waals surface area contributed by atoms with Gasteiger partial charge in [-0.05, 0) is 75.3 Å². The van der Waals surface area contributed by atoms with Gasteiger partial charge in [-0.1, -0.05) is 42.9 Å². The molecule has 1 heterocycles. The van der Waals surface area contributed by atoms with Gasteiger partial charge in [-0.25, -0.2) is 0 Å². The van der Waals surface area contributed by atoms with Crippen LogP contribution in [-0.2, 0) is 0 Å². The Bertz CT molecular complexity index is 700. The van der Waals surface area contributed by atoms with Crippen molar-refractivity contribution < 1.29 is 0 Å². The van der Waals surface area contributed by atoms with Crippen molar-refractivity contribution in [2.24, 2.45) is 11.7 Å². The van der Waals surface area contributed by atoms with Gasteiger partial charge in [-0.2, -0.15) is 0 Å². The SMILES string of the molecule is C.CC1=CC2=C/C(=C3\CCNc4ccccc4SC3)CCC2CC1.CN. The fourth-order valence-electron chi connectivity index (χ4n) is 3.97. The molecule has 2 nitrogen and oxygen atoms in total. The topological polar surface area (TPSA) is 38.0 Å². The van der Waals surface area contributed by atoms with E-state index in [0.29, 0.717) is 0 Å². The quantitative estimate of drug-likeness (QED) is 0.573. The maximum Gasteiger partial charge on any atom is 0.0478 e. The molecule has 26 heavy (non-hydrogen) atoms. The van der Waals surface area contributed by atoms with Crippen LogP contribution < -0.4 is 11.1 Å². The summed E-state index contributed by atoms with van der Waals surface area (Å²) in [5.41, 5.74) is 12.2. The average Bonchev–Trinajstić information content (AvgIpc) is 2.63. The summed E-state index contributed by atoms with van der Waals surface area (Å²) in [6, 6.07) is 8.70. The molecule has 0 aromatic heterocycles. The van der Waals surface area contributed by atoms with Gasteiger partial charge in [-0.3, -0.25) is 0 Å². The van der Waals surface area contributed by atoms with Gasteiger partial charge in [0.1, 0.15) is 0 Å². The van der Waals surface area contributed by atoms with Gasteiger partial charge in [0, 0.05) is 22.9 Å². The normalized spacial score (nSPS) is 24.7. The molecule has 4 rings (SSSR count). The Morgan fingerprint density at radius 2 is 1.81 bits per heavy atom. The Labute approximate surface area is 164 Å². The number of anilines is 1. The number of para-hydroxylation sites is 1. The molecule has 2 aliphatic carbocycles. The first-order chi connectivity index (χ1) is 12.3. The first-order valence-electron chi connectivity index (χ1n) is 9.43. The van der Waals surface area contributed by atoms with Crippen LogP contribution >= 0.6 is 11.8 Å². The number of nitrogens with two attached hydrogens (primary N) is 1. The number of hydrogen-bond donors (Lipinski definition) is 2. The molecule has 0 saturated carbocycles. The Morgan fingerprint density at radius 3 is 2.65 bits per heavy atom. The van der Waals surface area contributed by atoms with Gasteiger partial charge in [0.05, 0.1) is 0 Å². The smallest absolute Gasteiger partial charge is 0.0478 e. The van der Waals surface area contributed by atoms with E-state index in [0.717, 1.165) is 18.2 Å². The third-order valence-electron chi connectivity index (χ3n) is 5.36. The van der Waals surface area contributed by atoms with E-state index < -0.39 is 0 Å². The summed E-state index contributed by atoms with van der Waals surface area (Å²) in [5.74, 6) is 1.97. The fourth-order valence-corrected chi connectivity index (χ4v) is 5.10. The molecule has 0 saturated heterocycles. The lowest BCUT2D eigenvalue weighted by Gasteiger charge is -2.30. The van der Waals surface area contributed by atoms with Crippen LogP contribution in [0.15, 0.2) is 63.6 Å². The van der Waals surface area contributed by atoms with Gasteiger partial charge in [-0.15, -0.1) is 11.8 Å². The Kier molecular flexibility index (Phi) is 8.05. The van der Waals surface area contributed by atoms with E-state index in [1.807, 2.05) is 11.8 Å². The largest absolute Gasteiger partial charge is 0.384 e. The molecule has 1 atom stereocenters. The van der Waals surface area contributed by atoms with E-state index in [1.165, 1.54) is 49.7 Å². The molecule has 1 unspecified atom stereocenters. The Hall–Kier alpha value is -1.45. The molecule has 0 bridgehead atoms. The van der Waals surface area contributed by atoms with Crippen LogP contribution in [0.4, 0.5) is 5.69 Å². The van der Waals surface area contributed by atoms with Crippen LogP contribution in [-0.4, -0.2) is 19.3 Å². The minimum Gasteiger partial charge on any atom is -0.384 e. The van der Waals surface area contributed by atoms with Crippen molar-refractivity contribution in [1.29, 1.82) is 0 Å². The number of fused-ring (bicyclic) bond motifs is 2. The summed E-state index contributed by atoms with van der Waals surface area (Å²) in [6.07, 6.45) is 11.4. The zero-order chi connectivity index (χ0) is 17.6. The molecule has 1 aromatic carbocycles. The minimum atomic E-state index is 0. The number of nitrogens with one attached hydrogen (secondary N) is 1. The van der Waals surface area contributed by atoms with Gasteiger partial charge in [0.15, 0.2) is 0 Å². The third kappa shape index (κ3) is 4.83. The number of allylic oxidation sites excluding steroid dienone is 5. The lowest BCUT2D eigenvalue weighted by atomic mass is 9.77. The summed E-state index contributed by atoms with van der Waals surface area (Å²) in [4.78, 5) is 1.39. The van der Waals surface area contributed by atoms with E-state index in [2.05, 4.69) is 54.4 Å². The van der Waals surface area contributed by atoms with Crippen molar-refractivity contribution >= 4 is 17.4 Å². The molecule has 0 fully saturated rings. The number of benzene rings is 1. The molecule has 142 valence electrons. The highest BCUT2D eigenvalue weighted by atomic mass is 32.2. The summed E-state index contributed by atoms with van der Waals surface area (Å²) in [7, 11) is 1.50. The van der Waals surface area contributed by atoms with Gasteiger partial charge >= 0.3 is 0 Å². The van der Waals surface area contributed by atoms with Crippen molar-refractivity contribution in [2.45, 2.75) is 51.3 Å². The van der Waals surface area contributed by atoms with Crippen LogP contribution in [0, 0.1) is 5.92 Å². The number of thioether (sulfide) groups is 1. The van der Waals surface area contributed by atoms with E-state index >= 15 is 0 Å². The maximum absolute atomic E-state index is 4.50. The van der Waals surface area contributed by atoms with Crippen LogP contribution in [0.1, 0.15) is 46.5 Å². The zero-order valence-electron chi connectivity index (χ0n) is 15.5. The van der Waals surface area contributed by atoms with Crippen molar-refractivity contribution in [3.8, 4) is 0 Å². The van der Waals surface area contributed by atoms with Crippen LogP contribution in [0.3, 0.4) is 0 Å². The molecule has 0 amide bonds. The predicted molar refractivity (Wildman–Crippen MR) is 118 cm³/mol. The Balaban J connectivity index is 0.000000784. The number of hydrogen-bond acceptors (Lipinski definition) is 3. The third-order valence-corrected chi connectivity index (χ3v) is 6.52. The molecule has 0 radical (unpaired) electrons. The first-order valence-corrected chi connectivity index (χ1v) is 10.4. The van der Waals surface area contributed by atoms with Crippen molar-refractivity contribution in [1.82, 2.24) is 0 Å². The second kappa shape index (κ2) is 10.0. The lowest BCUT2D eigenvalue weighted by Crippen LogP contribution is -2.15. The average molecular weight is 371 g/mol. The predicted octanol–water partition coefficient (Wildman–Crippen LogP) is 6.18. The minimum absolute atomic E-state index is 0. The van der Waals surface area contributed by atoms with Crippen molar-refractivity contribution in [2.75, 3.05) is 24.7 Å². The molecular weight excluding hydrogens is 336 g/mol. The molecule has 0 spiro atoms. The molecule has 3 heteroatoms. The van der Waals surface area contributed by atoms with Gasteiger partial charge < -0.3 is 11.1 Å². The molecular formula is C23H34N2S. The fraction of sp³-hybridized carbons (Fsp3) is 0.478. The highest BCUT2D eigenvalue weighted by Crippen LogP contribution is 2.40. The van der Waals surface area contributed by atoms with Gasteiger partial charge in [0.2, 0.25) is 0 Å². The standard InChI is InChI=1S/C21H25NS.CH5N.CH4/c1-15-6-7-16-8-9-17(13-19(16)12-15)18-10-11-22-20-4-2-3-5-21(20)23-14-18;1-2;/h2-5,12-13,16,22H,6-11,14H2,1H3;2H2,1H3;1H4/b18-17+;;. The van der Waals surface area contributed by atoms with E-state index in [1.54, 1.807) is 22.3 Å². The summed E-state index contributed by atoms with van der Waals surface area (Å²) < 4.78 is 0. The zero-order valence-corrected chi connectivity index (χ0v) is 16.3. The van der Waals surface area contributed by atoms with Crippen LogP contribution in [0.2, 0.25) is 0 Å². The second-order valence-electron chi connectivity index (χ2n) is 7.00. The lowest BCUT2D eigenvalue weighted by molar-refractivity contribution is 0.497. The summed E-state index contributed by atoms with van der Waals surface area (Å²) in [6.45, 7) is 3.34. The molecule has 1 aromatic rings. The van der Waals surface area contributed by atoms with Crippen LogP contribution in [0.5, 0.6) is 0 Å². The summed E-state index contributed by atoms with van der Waals surface area (Å²) in [5, 5.41) is 3.61. The van der Waals surface area contributed by atoms with E-state index in [4.69, 9.17) is 0 Å². The first kappa shape index (κ1) is 20.9. The van der Waals surface area contributed by atoms with Crippen molar-refractivity contribution in [3.05, 3.63) is 58.7 Å². The molecule has 3 aliphatic rings. The highest BCUT2D eigenvalue weighted by Gasteiger charge is 2.23. The molecule has 3 N–H and O–H groups in total. The van der Waals surface area contributed by atoms with Gasteiger partial charge in [0.25, 0.3) is 0 Å². The van der Waals surface area contributed by atoms with E-state index in [-0.39, 0.29) is 7.43 Å². The second-order valence-corrected chi connectivity index (χ2v) is 8.02. The Morgan fingerprint density at radius 1 is 1.04 bits per heavy atom. The summed E-state index contributed by atoms with van der Waals surface area (Å²) >= 11 is 1.99. The molecule has 1 aliphatic heterocycles. The number of rotatable bonds is 0. The van der Waals surface area contributed by atoms with Crippen molar-refractivity contribution in [3.63, 3.8) is 0 Å². The monoisotopic (exact) mass is 370 g/mol. The maximum atomic E-state index is 4.50. The van der Waals surface area contributed by atoms with E-state index in [9.17, 15) is 0 Å².